The molecule has 1 heterocycles. The van der Waals surface area contributed by atoms with Crippen LogP contribution in [0.25, 0.3) is 0 Å². The van der Waals surface area contributed by atoms with Crippen molar-refractivity contribution in [1.29, 1.82) is 0 Å². The second-order valence-electron chi connectivity index (χ2n) is 5.33. The first kappa shape index (κ1) is 13.4. The van der Waals surface area contributed by atoms with E-state index >= 15 is 0 Å². The summed E-state index contributed by atoms with van der Waals surface area (Å²) < 4.78 is 5.45. The van der Waals surface area contributed by atoms with Crippen molar-refractivity contribution >= 4 is 0 Å². The molecule has 0 aromatic heterocycles. The average molecular weight is 248 g/mol. The van der Waals surface area contributed by atoms with Gasteiger partial charge in [-0.2, -0.15) is 0 Å². The van der Waals surface area contributed by atoms with E-state index in [0.717, 1.165) is 25.4 Å². The molecule has 1 fully saturated rings. The van der Waals surface area contributed by atoms with Gasteiger partial charge in [0.1, 0.15) is 5.75 Å². The summed E-state index contributed by atoms with van der Waals surface area (Å²) in [5.74, 6) is 1.71. The minimum Gasteiger partial charge on any atom is -0.496 e. The van der Waals surface area contributed by atoms with Crippen molar-refractivity contribution in [2.45, 2.75) is 25.3 Å². The minimum atomic E-state index is 0.707. The Balaban J connectivity index is 2.20. The third-order valence-electron chi connectivity index (χ3n) is 3.60. The lowest BCUT2D eigenvalue weighted by Crippen LogP contribution is -2.26. The number of nitrogens with zero attached hydrogens (tertiary/aromatic N) is 1. The van der Waals surface area contributed by atoms with Crippen molar-refractivity contribution in [3.8, 4) is 5.75 Å². The second kappa shape index (κ2) is 6.21. The highest BCUT2D eigenvalue weighted by Crippen LogP contribution is 2.29. The molecule has 1 aromatic carbocycles. The van der Waals surface area contributed by atoms with Crippen LogP contribution in [0.1, 0.15) is 29.9 Å². The van der Waals surface area contributed by atoms with Crippen LogP contribution in [0.4, 0.5) is 0 Å². The molecule has 2 rings (SSSR count). The second-order valence-corrected chi connectivity index (χ2v) is 5.33. The lowest BCUT2D eigenvalue weighted by molar-refractivity contribution is 0.371. The van der Waals surface area contributed by atoms with Crippen LogP contribution in [-0.2, 0) is 6.54 Å². The first-order valence-corrected chi connectivity index (χ1v) is 6.73. The van der Waals surface area contributed by atoms with E-state index in [1.807, 2.05) is 0 Å². The van der Waals surface area contributed by atoms with E-state index in [2.05, 4.69) is 42.5 Å². The number of ether oxygens (including phenoxy) is 1. The summed E-state index contributed by atoms with van der Waals surface area (Å²) >= 11 is 0. The van der Waals surface area contributed by atoms with Crippen LogP contribution in [0.3, 0.4) is 0 Å². The minimum absolute atomic E-state index is 0.707. The predicted molar refractivity (Wildman–Crippen MR) is 75.2 cm³/mol. The normalized spacial score (nSPS) is 17.1. The van der Waals surface area contributed by atoms with Crippen LogP contribution in [-0.4, -0.2) is 39.2 Å². The fraction of sp³-hybridized carbons (Fsp3) is 0.600. The van der Waals surface area contributed by atoms with Crippen LogP contribution in [0, 0.1) is 0 Å². The lowest BCUT2D eigenvalue weighted by Gasteiger charge is -2.24. The van der Waals surface area contributed by atoms with Crippen LogP contribution in [0.2, 0.25) is 0 Å². The molecule has 100 valence electrons. The monoisotopic (exact) mass is 248 g/mol. The van der Waals surface area contributed by atoms with Gasteiger partial charge < -0.3 is 15.0 Å². The van der Waals surface area contributed by atoms with Gasteiger partial charge in [-0.25, -0.2) is 0 Å². The molecule has 1 aliphatic heterocycles. The summed E-state index contributed by atoms with van der Waals surface area (Å²) in [4.78, 5) is 2.18. The molecule has 0 unspecified atom stereocenters. The quantitative estimate of drug-likeness (QED) is 0.884. The van der Waals surface area contributed by atoms with E-state index in [0.29, 0.717) is 5.92 Å². The predicted octanol–water partition coefficient (Wildman–Crippen LogP) is 2.22. The smallest absolute Gasteiger partial charge is 0.123 e. The summed E-state index contributed by atoms with van der Waals surface area (Å²) in [5, 5.41) is 3.42. The maximum Gasteiger partial charge on any atom is 0.123 e. The van der Waals surface area contributed by atoms with Gasteiger partial charge in [0.15, 0.2) is 0 Å². The summed E-state index contributed by atoms with van der Waals surface area (Å²) in [5.41, 5.74) is 2.76. The van der Waals surface area contributed by atoms with Crippen LogP contribution >= 0.6 is 0 Å². The van der Waals surface area contributed by atoms with Crippen molar-refractivity contribution in [2.24, 2.45) is 0 Å². The van der Waals surface area contributed by atoms with Crippen molar-refractivity contribution < 1.29 is 4.74 Å². The molecule has 3 nitrogen and oxygen atoms in total. The van der Waals surface area contributed by atoms with Crippen LogP contribution < -0.4 is 10.1 Å². The highest BCUT2D eigenvalue weighted by molar-refractivity contribution is 5.38. The van der Waals surface area contributed by atoms with E-state index in [9.17, 15) is 0 Å². The number of hydrogen-bond donors (Lipinski definition) is 1. The van der Waals surface area contributed by atoms with Gasteiger partial charge in [-0.05, 0) is 57.6 Å². The van der Waals surface area contributed by atoms with Crippen molar-refractivity contribution in [1.82, 2.24) is 10.2 Å². The van der Waals surface area contributed by atoms with Gasteiger partial charge in [0, 0.05) is 12.1 Å². The van der Waals surface area contributed by atoms with Crippen LogP contribution in [0.15, 0.2) is 18.2 Å². The summed E-state index contributed by atoms with van der Waals surface area (Å²) in [6, 6.07) is 6.68. The largest absolute Gasteiger partial charge is 0.496 e. The first-order chi connectivity index (χ1) is 8.70. The molecule has 18 heavy (non-hydrogen) atoms. The fourth-order valence-corrected chi connectivity index (χ4v) is 2.67. The zero-order valence-corrected chi connectivity index (χ0v) is 11.7. The Morgan fingerprint density at radius 2 is 2.00 bits per heavy atom. The topological polar surface area (TPSA) is 24.5 Å². The number of benzene rings is 1. The maximum absolute atomic E-state index is 5.45. The van der Waals surface area contributed by atoms with Crippen LogP contribution in [0.5, 0.6) is 5.75 Å². The van der Waals surface area contributed by atoms with Gasteiger partial charge in [-0.1, -0.05) is 12.1 Å². The number of hydrogen-bond acceptors (Lipinski definition) is 3. The molecule has 1 aliphatic rings. The summed E-state index contributed by atoms with van der Waals surface area (Å²) in [6.45, 7) is 3.21. The van der Waals surface area contributed by atoms with Crippen molar-refractivity contribution in [3.05, 3.63) is 29.3 Å². The molecule has 0 atom stereocenters. The van der Waals surface area contributed by atoms with Crippen molar-refractivity contribution in [3.63, 3.8) is 0 Å². The van der Waals surface area contributed by atoms with Gasteiger partial charge in [-0.15, -0.1) is 0 Å². The van der Waals surface area contributed by atoms with Crippen molar-refractivity contribution in [2.75, 3.05) is 34.3 Å². The molecular weight excluding hydrogens is 224 g/mol. The molecule has 0 saturated carbocycles. The van der Waals surface area contributed by atoms with Gasteiger partial charge in [0.25, 0.3) is 0 Å². The maximum atomic E-state index is 5.45. The molecule has 1 aromatic rings. The molecule has 3 heteroatoms. The third-order valence-corrected chi connectivity index (χ3v) is 3.60. The number of rotatable bonds is 4. The Morgan fingerprint density at radius 3 is 2.61 bits per heavy atom. The molecule has 0 radical (unpaired) electrons. The molecule has 0 bridgehead atoms. The van der Waals surface area contributed by atoms with E-state index in [4.69, 9.17) is 4.74 Å². The Morgan fingerprint density at radius 1 is 1.28 bits per heavy atom. The van der Waals surface area contributed by atoms with Gasteiger partial charge in [-0.3, -0.25) is 0 Å². The summed E-state index contributed by atoms with van der Waals surface area (Å²) in [6.07, 6.45) is 2.49. The zero-order chi connectivity index (χ0) is 13.0. The van der Waals surface area contributed by atoms with E-state index in [1.165, 1.54) is 24.0 Å². The molecular formula is C15H24N2O. The Bertz CT molecular complexity index is 384. The fourth-order valence-electron chi connectivity index (χ4n) is 2.67. The average Bonchev–Trinajstić information content (AvgIpc) is 2.39. The Kier molecular flexibility index (Phi) is 4.61. The first-order valence-electron chi connectivity index (χ1n) is 6.73. The SMILES string of the molecule is COc1ccc(C2CCNCC2)cc1CN(C)C. The lowest BCUT2D eigenvalue weighted by atomic mass is 9.89. The number of methoxy groups -OCH3 is 1. The molecule has 0 spiro atoms. The standard InChI is InChI=1S/C15H24N2O/c1-17(2)11-14-10-13(4-5-15(14)18-3)12-6-8-16-9-7-12/h4-5,10,12,16H,6-9,11H2,1-3H3. The summed E-state index contributed by atoms with van der Waals surface area (Å²) in [7, 11) is 5.94. The van der Waals surface area contributed by atoms with Gasteiger partial charge >= 0.3 is 0 Å². The molecule has 1 N–H and O–H groups in total. The number of nitrogens with one attached hydrogen (secondary N) is 1. The van der Waals surface area contributed by atoms with Gasteiger partial charge in [0.2, 0.25) is 0 Å². The molecule has 0 aliphatic carbocycles. The zero-order valence-electron chi connectivity index (χ0n) is 11.7. The van der Waals surface area contributed by atoms with E-state index in [-0.39, 0.29) is 0 Å². The highest BCUT2D eigenvalue weighted by Gasteiger charge is 2.16. The Labute approximate surface area is 110 Å². The number of piperidine rings is 1. The third kappa shape index (κ3) is 3.24. The van der Waals surface area contributed by atoms with Gasteiger partial charge in [0.05, 0.1) is 7.11 Å². The molecule has 0 amide bonds. The molecule has 1 saturated heterocycles. The Hall–Kier alpha value is -1.06. The highest BCUT2D eigenvalue weighted by atomic mass is 16.5. The van der Waals surface area contributed by atoms with E-state index < -0.39 is 0 Å². The van der Waals surface area contributed by atoms with E-state index in [1.54, 1.807) is 7.11 Å².